The monoisotopic (exact) mass is 296 g/mol. The summed E-state index contributed by atoms with van der Waals surface area (Å²) in [6, 6.07) is 3.35. The van der Waals surface area contributed by atoms with E-state index in [1.807, 2.05) is 22.6 Å². The van der Waals surface area contributed by atoms with Gasteiger partial charge in [0, 0.05) is 15.2 Å². The summed E-state index contributed by atoms with van der Waals surface area (Å²) in [6.07, 6.45) is 1.46. The van der Waals surface area contributed by atoms with E-state index in [1.54, 1.807) is 0 Å². The van der Waals surface area contributed by atoms with Crippen LogP contribution in [-0.4, -0.2) is 11.7 Å². The van der Waals surface area contributed by atoms with Crippen molar-refractivity contribution in [1.29, 1.82) is 0 Å². The maximum absolute atomic E-state index is 13.1. The molecule has 1 aromatic rings. The first-order valence-corrected chi connectivity index (χ1v) is 4.65. The molecule has 0 bridgehead atoms. The van der Waals surface area contributed by atoms with Crippen molar-refractivity contribution in [1.82, 2.24) is 0 Å². The maximum atomic E-state index is 13.1. The minimum Gasteiger partial charge on any atom is -0.392 e. The van der Waals surface area contributed by atoms with Gasteiger partial charge in [0.2, 0.25) is 0 Å². The molecule has 0 spiro atoms. The van der Waals surface area contributed by atoms with Gasteiger partial charge in [-0.15, -0.1) is 0 Å². The van der Waals surface area contributed by atoms with Crippen molar-refractivity contribution in [3.63, 3.8) is 0 Å². The van der Waals surface area contributed by atoms with E-state index in [0.29, 0.717) is 9.14 Å². The Bertz CT molecular complexity index is 336. The third-order valence-corrected chi connectivity index (χ3v) is 2.48. The van der Waals surface area contributed by atoms with Gasteiger partial charge in [-0.05, 0) is 40.8 Å². The first kappa shape index (κ1) is 10.6. The van der Waals surface area contributed by atoms with Crippen LogP contribution in [0.25, 0.3) is 3.58 Å². The number of hydrogen-bond acceptors (Lipinski definition) is 1. The van der Waals surface area contributed by atoms with Crippen molar-refractivity contribution >= 4 is 26.2 Å². The molecule has 0 unspecified atom stereocenters. The molecule has 0 saturated heterocycles. The third kappa shape index (κ3) is 2.73. The summed E-state index contributed by atoms with van der Waals surface area (Å²) in [5.74, 6) is -1.22. The number of aliphatic hydroxyl groups is 1. The van der Waals surface area contributed by atoms with Crippen molar-refractivity contribution in [2.75, 3.05) is 6.61 Å². The van der Waals surface area contributed by atoms with E-state index >= 15 is 0 Å². The highest BCUT2D eigenvalue weighted by Gasteiger charge is 2.05. The Labute approximate surface area is 88.2 Å². The van der Waals surface area contributed by atoms with Crippen LogP contribution in [0, 0.1) is 11.6 Å². The van der Waals surface area contributed by atoms with Crippen LogP contribution in [0.3, 0.4) is 0 Å². The average Bonchev–Trinajstić information content (AvgIpc) is 2.04. The van der Waals surface area contributed by atoms with E-state index in [-0.39, 0.29) is 6.61 Å². The molecule has 1 aromatic carbocycles. The summed E-state index contributed by atoms with van der Waals surface area (Å²) < 4.78 is 26.1. The molecule has 0 atom stereocenters. The highest BCUT2D eigenvalue weighted by molar-refractivity contribution is 14.1. The summed E-state index contributed by atoms with van der Waals surface area (Å²) in [5, 5.41) is 8.57. The summed E-state index contributed by atoms with van der Waals surface area (Å²) in [4.78, 5) is 0. The molecule has 13 heavy (non-hydrogen) atoms. The van der Waals surface area contributed by atoms with Gasteiger partial charge in [-0.2, -0.15) is 0 Å². The van der Waals surface area contributed by atoms with E-state index in [9.17, 15) is 8.78 Å². The second-order valence-corrected chi connectivity index (χ2v) is 3.52. The van der Waals surface area contributed by atoms with Crippen molar-refractivity contribution in [2.45, 2.75) is 0 Å². The Morgan fingerprint density at radius 2 is 2.15 bits per heavy atom. The molecule has 0 amide bonds. The van der Waals surface area contributed by atoms with E-state index in [1.165, 1.54) is 18.2 Å². The van der Waals surface area contributed by atoms with Crippen molar-refractivity contribution in [3.05, 3.63) is 41.5 Å². The molecule has 70 valence electrons. The van der Waals surface area contributed by atoms with Gasteiger partial charge in [-0.25, -0.2) is 8.78 Å². The smallest absolute Gasteiger partial charge is 0.134 e. The standard InChI is InChI=1S/C9H7F2IO/c10-6-1-2-7(8(11)5-6)9(12)3-4-13/h1-3,5,13H,4H2. The molecule has 0 aromatic heterocycles. The van der Waals surface area contributed by atoms with Gasteiger partial charge < -0.3 is 5.11 Å². The van der Waals surface area contributed by atoms with Crippen molar-refractivity contribution in [2.24, 2.45) is 0 Å². The fraction of sp³-hybridized carbons (Fsp3) is 0.111. The van der Waals surface area contributed by atoms with Gasteiger partial charge in [0.05, 0.1) is 6.61 Å². The molecular formula is C9H7F2IO. The van der Waals surface area contributed by atoms with Gasteiger partial charge in [0.1, 0.15) is 11.6 Å². The highest BCUT2D eigenvalue weighted by Crippen LogP contribution is 2.24. The van der Waals surface area contributed by atoms with Crippen LogP contribution in [0.2, 0.25) is 0 Å². The molecule has 0 heterocycles. The maximum Gasteiger partial charge on any atom is 0.134 e. The summed E-state index contributed by atoms with van der Waals surface area (Å²) in [6.45, 7) is -0.158. The lowest BCUT2D eigenvalue weighted by Crippen LogP contribution is -1.87. The molecule has 0 aliphatic heterocycles. The van der Waals surface area contributed by atoms with Gasteiger partial charge >= 0.3 is 0 Å². The molecule has 1 rings (SSSR count). The Kier molecular flexibility index (Phi) is 3.80. The van der Waals surface area contributed by atoms with Crippen LogP contribution in [0.5, 0.6) is 0 Å². The molecule has 1 nitrogen and oxygen atoms in total. The summed E-state index contributed by atoms with van der Waals surface area (Å²) in [5.41, 5.74) is 0.302. The predicted octanol–water partition coefficient (Wildman–Crippen LogP) is 2.73. The van der Waals surface area contributed by atoms with Crippen LogP contribution >= 0.6 is 22.6 Å². The molecule has 4 heteroatoms. The normalized spacial score (nSPS) is 11.8. The van der Waals surface area contributed by atoms with E-state index in [4.69, 9.17) is 5.11 Å². The summed E-state index contributed by atoms with van der Waals surface area (Å²) >= 11 is 1.88. The Morgan fingerprint density at radius 3 is 2.69 bits per heavy atom. The Balaban J connectivity index is 3.09. The van der Waals surface area contributed by atoms with Gasteiger partial charge in [-0.1, -0.05) is 0 Å². The molecule has 0 aliphatic rings. The number of hydrogen-bond donors (Lipinski definition) is 1. The molecule has 0 fully saturated rings. The van der Waals surface area contributed by atoms with E-state index < -0.39 is 11.6 Å². The SMILES string of the molecule is OCC=C(I)c1ccc(F)cc1F. The van der Waals surface area contributed by atoms with Gasteiger partial charge in [-0.3, -0.25) is 0 Å². The van der Waals surface area contributed by atoms with Crippen molar-refractivity contribution < 1.29 is 13.9 Å². The minimum atomic E-state index is -0.617. The van der Waals surface area contributed by atoms with E-state index in [2.05, 4.69) is 0 Å². The Morgan fingerprint density at radius 1 is 1.46 bits per heavy atom. The molecule has 0 radical (unpaired) electrons. The molecule has 0 saturated carbocycles. The second kappa shape index (κ2) is 4.66. The lowest BCUT2D eigenvalue weighted by molar-refractivity contribution is 0.343. The second-order valence-electron chi connectivity index (χ2n) is 2.36. The van der Waals surface area contributed by atoms with Crippen LogP contribution in [0.4, 0.5) is 8.78 Å². The quantitative estimate of drug-likeness (QED) is 0.832. The van der Waals surface area contributed by atoms with Crippen LogP contribution in [0.1, 0.15) is 5.56 Å². The first-order valence-electron chi connectivity index (χ1n) is 3.57. The highest BCUT2D eigenvalue weighted by atomic mass is 127. The topological polar surface area (TPSA) is 20.2 Å². The zero-order chi connectivity index (χ0) is 9.84. The third-order valence-electron chi connectivity index (χ3n) is 1.46. The lowest BCUT2D eigenvalue weighted by atomic mass is 10.2. The Hall–Kier alpha value is -0.490. The van der Waals surface area contributed by atoms with E-state index in [0.717, 1.165) is 6.07 Å². The van der Waals surface area contributed by atoms with Gasteiger partial charge in [0.15, 0.2) is 0 Å². The fourth-order valence-electron chi connectivity index (χ4n) is 0.873. The average molecular weight is 296 g/mol. The molecular weight excluding hydrogens is 289 g/mol. The number of halogens is 3. The number of benzene rings is 1. The first-order chi connectivity index (χ1) is 6.15. The zero-order valence-corrected chi connectivity index (χ0v) is 8.76. The van der Waals surface area contributed by atoms with Gasteiger partial charge in [0.25, 0.3) is 0 Å². The number of aliphatic hydroxyl groups excluding tert-OH is 1. The summed E-state index contributed by atoms with van der Waals surface area (Å²) in [7, 11) is 0. The zero-order valence-electron chi connectivity index (χ0n) is 6.60. The fourth-order valence-corrected chi connectivity index (χ4v) is 1.51. The molecule has 0 aliphatic carbocycles. The largest absolute Gasteiger partial charge is 0.392 e. The van der Waals surface area contributed by atoms with Crippen molar-refractivity contribution in [3.8, 4) is 0 Å². The predicted molar refractivity (Wildman–Crippen MR) is 55.4 cm³/mol. The lowest BCUT2D eigenvalue weighted by Gasteiger charge is -2.00. The molecule has 1 N–H and O–H groups in total. The van der Waals surface area contributed by atoms with Crippen LogP contribution < -0.4 is 0 Å². The minimum absolute atomic E-state index is 0.158. The van der Waals surface area contributed by atoms with Crippen LogP contribution in [0.15, 0.2) is 24.3 Å². The number of rotatable bonds is 2. The van der Waals surface area contributed by atoms with Crippen LogP contribution in [-0.2, 0) is 0 Å².